The van der Waals surface area contributed by atoms with Gasteiger partial charge in [-0.25, -0.2) is 13.6 Å². The summed E-state index contributed by atoms with van der Waals surface area (Å²) in [6.07, 6.45) is 2.92. The summed E-state index contributed by atoms with van der Waals surface area (Å²) in [6, 6.07) is 2.14. The van der Waals surface area contributed by atoms with Crippen LogP contribution in [0.15, 0.2) is 18.2 Å². The maximum Gasteiger partial charge on any atom is 0.328 e. The van der Waals surface area contributed by atoms with Crippen LogP contribution < -0.4 is 4.74 Å². The highest BCUT2D eigenvalue weighted by atomic mass is 19.1. The molecule has 2 fully saturated rings. The molecule has 0 bridgehead atoms. The third-order valence-corrected chi connectivity index (χ3v) is 4.85. The number of ether oxygens (including phenoxy) is 2. The number of hydrogen-bond donors (Lipinski definition) is 0. The van der Waals surface area contributed by atoms with Gasteiger partial charge in [0.15, 0.2) is 6.61 Å². The van der Waals surface area contributed by atoms with E-state index in [1.54, 1.807) is 0 Å². The second-order valence-electron chi connectivity index (χ2n) is 6.26. The number of rotatable bonds is 4. The quantitative estimate of drug-likeness (QED) is 0.789. The van der Waals surface area contributed by atoms with Crippen LogP contribution in [0, 0.1) is 23.5 Å². The van der Waals surface area contributed by atoms with Crippen molar-refractivity contribution in [1.29, 1.82) is 0 Å². The molecule has 1 heterocycles. The minimum Gasteiger partial charge on any atom is -0.484 e. The molecule has 0 radical (unpaired) electrons. The summed E-state index contributed by atoms with van der Waals surface area (Å²) in [6.45, 7) is 0.111. The van der Waals surface area contributed by atoms with Gasteiger partial charge in [-0.1, -0.05) is 6.42 Å². The van der Waals surface area contributed by atoms with Crippen LogP contribution >= 0.6 is 0 Å². The van der Waals surface area contributed by atoms with E-state index in [0.717, 1.165) is 37.5 Å². The molecule has 3 atom stereocenters. The van der Waals surface area contributed by atoms with E-state index >= 15 is 0 Å². The van der Waals surface area contributed by atoms with E-state index in [-0.39, 0.29) is 24.2 Å². The zero-order valence-electron chi connectivity index (χ0n) is 13.3. The average Bonchev–Trinajstić information content (AvgIpc) is 3.11. The highest BCUT2D eigenvalue weighted by molar-refractivity contribution is 5.86. The molecule has 0 N–H and O–H groups in total. The predicted molar refractivity (Wildman–Crippen MR) is 80.2 cm³/mol. The van der Waals surface area contributed by atoms with Gasteiger partial charge in [-0.15, -0.1) is 0 Å². The molecule has 7 heteroatoms. The number of likely N-dealkylation sites (tertiary alicyclic amines) is 1. The Morgan fingerprint density at radius 3 is 2.58 bits per heavy atom. The van der Waals surface area contributed by atoms with Gasteiger partial charge < -0.3 is 14.4 Å². The van der Waals surface area contributed by atoms with Crippen molar-refractivity contribution in [1.82, 2.24) is 4.90 Å². The van der Waals surface area contributed by atoms with Crippen LogP contribution in [0.3, 0.4) is 0 Å². The lowest BCUT2D eigenvalue weighted by Crippen LogP contribution is -2.45. The van der Waals surface area contributed by atoms with E-state index < -0.39 is 23.6 Å². The van der Waals surface area contributed by atoms with Crippen molar-refractivity contribution in [3.63, 3.8) is 0 Å². The third-order valence-electron chi connectivity index (χ3n) is 4.85. The molecule has 1 amide bonds. The van der Waals surface area contributed by atoms with Crippen molar-refractivity contribution in [2.45, 2.75) is 25.3 Å². The Morgan fingerprint density at radius 2 is 1.92 bits per heavy atom. The topological polar surface area (TPSA) is 55.8 Å². The number of carbonyl (C=O) groups is 2. The summed E-state index contributed by atoms with van der Waals surface area (Å²) in [5.41, 5.74) is 0. The van der Waals surface area contributed by atoms with Crippen LogP contribution in [-0.2, 0) is 14.3 Å². The first-order chi connectivity index (χ1) is 11.5. The maximum atomic E-state index is 13.1. The lowest BCUT2D eigenvalue weighted by atomic mass is 9.94. The molecule has 1 aliphatic carbocycles. The SMILES string of the molecule is COC(=O)C1C2CCCC2CN1C(=O)COc1cc(F)cc(F)c1. The summed E-state index contributed by atoms with van der Waals surface area (Å²) >= 11 is 0. The standard InChI is InChI=1S/C17H19F2NO4/c1-23-17(22)16-14-4-2-3-10(14)8-20(16)15(21)9-24-13-6-11(18)5-12(19)7-13/h5-7,10,14,16H,2-4,8-9H2,1H3. The molecule has 0 aromatic heterocycles. The first kappa shape index (κ1) is 16.7. The Hall–Kier alpha value is -2.18. The normalized spacial score (nSPS) is 25.5. The predicted octanol–water partition coefficient (Wildman–Crippen LogP) is 2.14. The Labute approximate surface area is 138 Å². The number of nitrogens with zero attached hydrogens (tertiary/aromatic N) is 1. The van der Waals surface area contributed by atoms with E-state index in [4.69, 9.17) is 9.47 Å². The molecule has 1 aromatic rings. The molecule has 1 aromatic carbocycles. The molecule has 5 nitrogen and oxygen atoms in total. The molecule has 3 rings (SSSR count). The van der Waals surface area contributed by atoms with E-state index in [1.165, 1.54) is 12.0 Å². The Balaban J connectivity index is 1.68. The average molecular weight is 339 g/mol. The van der Waals surface area contributed by atoms with Crippen LogP contribution in [-0.4, -0.2) is 43.1 Å². The van der Waals surface area contributed by atoms with Crippen LogP contribution in [0.2, 0.25) is 0 Å². The minimum atomic E-state index is -0.777. The molecule has 0 spiro atoms. The van der Waals surface area contributed by atoms with Crippen molar-refractivity contribution in [2.24, 2.45) is 11.8 Å². The molecule has 24 heavy (non-hydrogen) atoms. The van der Waals surface area contributed by atoms with E-state index in [2.05, 4.69) is 0 Å². The smallest absolute Gasteiger partial charge is 0.328 e. The number of methoxy groups -OCH3 is 1. The molecule has 1 saturated heterocycles. The number of hydrogen-bond acceptors (Lipinski definition) is 4. The van der Waals surface area contributed by atoms with Crippen molar-refractivity contribution >= 4 is 11.9 Å². The third kappa shape index (κ3) is 3.20. The number of fused-ring (bicyclic) bond motifs is 1. The largest absolute Gasteiger partial charge is 0.484 e. The minimum absolute atomic E-state index is 0.0603. The fourth-order valence-corrected chi connectivity index (χ4v) is 3.82. The fraction of sp³-hybridized carbons (Fsp3) is 0.529. The van der Waals surface area contributed by atoms with Crippen molar-refractivity contribution in [3.05, 3.63) is 29.8 Å². The highest BCUT2D eigenvalue weighted by Crippen LogP contribution is 2.42. The van der Waals surface area contributed by atoms with E-state index in [9.17, 15) is 18.4 Å². The summed E-state index contributed by atoms with van der Waals surface area (Å²) < 4.78 is 36.3. The van der Waals surface area contributed by atoms with E-state index in [1.807, 2.05) is 0 Å². The van der Waals surface area contributed by atoms with Gasteiger partial charge in [0.1, 0.15) is 23.4 Å². The molecule has 2 aliphatic rings. The highest BCUT2D eigenvalue weighted by Gasteiger charge is 2.49. The van der Waals surface area contributed by atoms with Crippen LogP contribution in [0.1, 0.15) is 19.3 Å². The Kier molecular flexibility index (Phi) is 4.69. The van der Waals surface area contributed by atoms with Crippen LogP contribution in [0.5, 0.6) is 5.75 Å². The Morgan fingerprint density at radius 1 is 1.21 bits per heavy atom. The molecule has 130 valence electrons. The maximum absolute atomic E-state index is 13.1. The summed E-state index contributed by atoms with van der Waals surface area (Å²) in [5.74, 6) is -2.01. The van der Waals surface area contributed by atoms with Gasteiger partial charge in [0, 0.05) is 24.7 Å². The molecular weight excluding hydrogens is 320 g/mol. The van der Waals surface area contributed by atoms with Crippen molar-refractivity contribution in [2.75, 3.05) is 20.3 Å². The molecular formula is C17H19F2NO4. The number of amides is 1. The van der Waals surface area contributed by atoms with Gasteiger partial charge in [-0.3, -0.25) is 4.79 Å². The lowest BCUT2D eigenvalue weighted by molar-refractivity contribution is -0.153. The number of halogens is 2. The zero-order valence-corrected chi connectivity index (χ0v) is 13.3. The number of esters is 1. The first-order valence-electron chi connectivity index (χ1n) is 7.96. The monoisotopic (exact) mass is 339 g/mol. The number of benzene rings is 1. The van der Waals surface area contributed by atoms with Crippen LogP contribution in [0.25, 0.3) is 0 Å². The zero-order chi connectivity index (χ0) is 17.3. The van der Waals surface area contributed by atoms with Gasteiger partial charge >= 0.3 is 5.97 Å². The summed E-state index contributed by atoms with van der Waals surface area (Å²) in [7, 11) is 1.30. The van der Waals surface area contributed by atoms with Crippen molar-refractivity contribution in [3.8, 4) is 5.75 Å². The van der Waals surface area contributed by atoms with Gasteiger partial charge in [-0.05, 0) is 24.7 Å². The van der Waals surface area contributed by atoms with Gasteiger partial charge in [-0.2, -0.15) is 0 Å². The summed E-state index contributed by atoms with van der Waals surface area (Å²) in [4.78, 5) is 26.0. The van der Waals surface area contributed by atoms with Gasteiger partial charge in [0.05, 0.1) is 7.11 Å². The van der Waals surface area contributed by atoms with E-state index in [0.29, 0.717) is 12.5 Å². The lowest BCUT2D eigenvalue weighted by Gasteiger charge is -2.25. The molecule has 3 unspecified atom stereocenters. The number of carbonyl (C=O) groups excluding carboxylic acids is 2. The van der Waals surface area contributed by atoms with Crippen LogP contribution in [0.4, 0.5) is 8.78 Å². The second kappa shape index (κ2) is 6.75. The second-order valence-corrected chi connectivity index (χ2v) is 6.26. The summed E-state index contributed by atoms with van der Waals surface area (Å²) in [5, 5.41) is 0. The fourth-order valence-electron chi connectivity index (χ4n) is 3.82. The van der Waals surface area contributed by atoms with Gasteiger partial charge in [0.2, 0.25) is 0 Å². The van der Waals surface area contributed by atoms with Crippen molar-refractivity contribution < 1.29 is 27.8 Å². The van der Waals surface area contributed by atoms with Gasteiger partial charge in [0.25, 0.3) is 5.91 Å². The first-order valence-corrected chi connectivity index (χ1v) is 7.96. The Bertz CT molecular complexity index is 631. The molecule has 1 saturated carbocycles. The molecule has 1 aliphatic heterocycles.